The van der Waals surface area contributed by atoms with Gasteiger partial charge in [-0.3, -0.25) is 0 Å². The molecular weight excluding hydrogens is 231 g/mol. The Kier molecular flexibility index (Phi) is 2.78. The van der Waals surface area contributed by atoms with E-state index in [4.69, 9.17) is 4.74 Å². The number of halogens is 1. The molecule has 0 bridgehead atoms. The molecule has 0 aliphatic carbocycles. The van der Waals surface area contributed by atoms with Crippen molar-refractivity contribution in [2.75, 3.05) is 6.61 Å². The molecule has 5 heteroatoms. The maximum absolute atomic E-state index is 13.4. The summed E-state index contributed by atoms with van der Waals surface area (Å²) in [5, 5.41) is 10.1. The largest absolute Gasteiger partial charge is 0.505 e. The summed E-state index contributed by atoms with van der Waals surface area (Å²) in [5.41, 5.74) is 0. The summed E-state index contributed by atoms with van der Waals surface area (Å²) < 4.78 is 18.4. The molecule has 0 spiro atoms. The molecule has 3 nitrogen and oxygen atoms in total. The summed E-state index contributed by atoms with van der Waals surface area (Å²) in [6.45, 7) is 1.89. The minimum absolute atomic E-state index is 0.0435. The third-order valence-electron chi connectivity index (χ3n) is 2.10. The first-order chi connectivity index (χ1) is 7.65. The van der Waals surface area contributed by atoms with Crippen molar-refractivity contribution in [3.05, 3.63) is 28.9 Å². The number of aromatic hydroxyl groups is 1. The highest BCUT2D eigenvalue weighted by molar-refractivity contribution is 7.21. The highest BCUT2D eigenvalue weighted by Crippen LogP contribution is 2.38. The highest BCUT2D eigenvalue weighted by Gasteiger charge is 2.20. The fourth-order valence-electron chi connectivity index (χ4n) is 1.41. The molecule has 1 heterocycles. The Morgan fingerprint density at radius 2 is 2.31 bits per heavy atom. The van der Waals surface area contributed by atoms with Crippen LogP contribution in [0.3, 0.4) is 0 Å². The molecule has 0 amide bonds. The first-order valence-corrected chi connectivity index (χ1v) is 5.54. The average molecular weight is 240 g/mol. The summed E-state index contributed by atoms with van der Waals surface area (Å²) in [6.07, 6.45) is 0. The van der Waals surface area contributed by atoms with Gasteiger partial charge in [-0.1, -0.05) is 6.07 Å². The van der Waals surface area contributed by atoms with Crippen LogP contribution in [0.15, 0.2) is 18.2 Å². The molecule has 0 aliphatic heterocycles. The molecule has 0 atom stereocenters. The normalized spacial score (nSPS) is 10.6. The van der Waals surface area contributed by atoms with E-state index < -0.39 is 11.8 Å². The maximum atomic E-state index is 13.4. The SMILES string of the molecule is CCOC(=O)c1sc2c(F)cccc2c1O. The topological polar surface area (TPSA) is 46.5 Å². The highest BCUT2D eigenvalue weighted by atomic mass is 32.1. The quantitative estimate of drug-likeness (QED) is 0.821. The van der Waals surface area contributed by atoms with Gasteiger partial charge in [-0.2, -0.15) is 0 Å². The van der Waals surface area contributed by atoms with Gasteiger partial charge < -0.3 is 9.84 Å². The van der Waals surface area contributed by atoms with E-state index in [9.17, 15) is 14.3 Å². The summed E-state index contributed by atoms with van der Waals surface area (Å²) in [7, 11) is 0. The number of fused-ring (bicyclic) bond motifs is 1. The van der Waals surface area contributed by atoms with Gasteiger partial charge in [-0.25, -0.2) is 9.18 Å². The van der Waals surface area contributed by atoms with Gasteiger partial charge in [-0.05, 0) is 19.1 Å². The molecule has 1 aromatic heterocycles. The summed E-state index contributed by atoms with van der Waals surface area (Å²) in [4.78, 5) is 11.5. The van der Waals surface area contributed by atoms with Crippen molar-refractivity contribution in [3.8, 4) is 5.75 Å². The third kappa shape index (κ3) is 1.63. The number of carbonyl (C=O) groups is 1. The number of hydrogen-bond acceptors (Lipinski definition) is 4. The van der Waals surface area contributed by atoms with E-state index in [1.165, 1.54) is 12.1 Å². The summed E-state index contributed by atoms with van der Waals surface area (Å²) >= 11 is 0.899. The van der Waals surface area contributed by atoms with Gasteiger partial charge in [0, 0.05) is 5.39 Å². The van der Waals surface area contributed by atoms with Crippen molar-refractivity contribution in [2.24, 2.45) is 0 Å². The number of hydrogen-bond donors (Lipinski definition) is 1. The van der Waals surface area contributed by atoms with Crippen molar-refractivity contribution in [1.29, 1.82) is 0 Å². The van der Waals surface area contributed by atoms with Gasteiger partial charge in [0.15, 0.2) is 4.88 Å². The van der Waals surface area contributed by atoms with Crippen molar-refractivity contribution in [3.63, 3.8) is 0 Å². The summed E-state index contributed by atoms with van der Waals surface area (Å²) in [5.74, 6) is -1.29. The predicted octanol–water partition coefficient (Wildman–Crippen LogP) is 2.92. The van der Waals surface area contributed by atoms with E-state index in [1.807, 2.05) is 0 Å². The second-order valence-corrected chi connectivity index (χ2v) is 4.14. The van der Waals surface area contributed by atoms with Crippen LogP contribution in [-0.2, 0) is 4.74 Å². The molecule has 0 saturated heterocycles. The van der Waals surface area contributed by atoms with E-state index in [1.54, 1.807) is 13.0 Å². The van der Waals surface area contributed by atoms with Crippen LogP contribution in [0.25, 0.3) is 10.1 Å². The fourth-order valence-corrected chi connectivity index (χ4v) is 2.40. The van der Waals surface area contributed by atoms with Crippen LogP contribution in [0.5, 0.6) is 5.75 Å². The van der Waals surface area contributed by atoms with Crippen LogP contribution >= 0.6 is 11.3 Å². The number of benzene rings is 1. The Morgan fingerprint density at radius 1 is 1.56 bits per heavy atom. The Bertz CT molecular complexity index is 547. The van der Waals surface area contributed by atoms with Gasteiger partial charge in [0.05, 0.1) is 11.3 Å². The second-order valence-electron chi connectivity index (χ2n) is 3.12. The number of ether oxygens (including phenoxy) is 1. The first kappa shape index (κ1) is 10.9. The minimum atomic E-state index is -0.624. The monoisotopic (exact) mass is 240 g/mol. The van der Waals surface area contributed by atoms with Crippen LogP contribution in [-0.4, -0.2) is 17.7 Å². The summed E-state index contributed by atoms with van der Waals surface area (Å²) in [6, 6.07) is 4.33. The molecule has 16 heavy (non-hydrogen) atoms. The van der Waals surface area contributed by atoms with Gasteiger partial charge in [0.1, 0.15) is 11.6 Å². The third-order valence-corrected chi connectivity index (χ3v) is 3.29. The van der Waals surface area contributed by atoms with E-state index in [0.29, 0.717) is 5.39 Å². The van der Waals surface area contributed by atoms with Crippen molar-refractivity contribution >= 4 is 27.4 Å². The van der Waals surface area contributed by atoms with E-state index in [2.05, 4.69) is 0 Å². The minimum Gasteiger partial charge on any atom is -0.505 e. The van der Waals surface area contributed by atoms with Crippen LogP contribution in [0.1, 0.15) is 16.6 Å². The smallest absolute Gasteiger partial charge is 0.352 e. The average Bonchev–Trinajstić information content (AvgIpc) is 2.59. The zero-order chi connectivity index (χ0) is 11.7. The van der Waals surface area contributed by atoms with Crippen LogP contribution < -0.4 is 0 Å². The van der Waals surface area contributed by atoms with E-state index >= 15 is 0 Å². The van der Waals surface area contributed by atoms with E-state index in [-0.39, 0.29) is 21.9 Å². The lowest BCUT2D eigenvalue weighted by atomic mass is 10.2. The van der Waals surface area contributed by atoms with Crippen LogP contribution in [0.2, 0.25) is 0 Å². The van der Waals surface area contributed by atoms with Gasteiger partial charge in [0.25, 0.3) is 0 Å². The Balaban J connectivity index is 2.60. The molecule has 0 radical (unpaired) electrons. The van der Waals surface area contributed by atoms with Crippen LogP contribution in [0.4, 0.5) is 4.39 Å². The van der Waals surface area contributed by atoms with Gasteiger partial charge >= 0.3 is 5.97 Å². The first-order valence-electron chi connectivity index (χ1n) is 4.72. The number of thiophene rings is 1. The standard InChI is InChI=1S/C11H9FO3S/c1-2-15-11(14)10-8(13)6-4-3-5-7(12)9(6)16-10/h3-5,13H,2H2,1H3. The molecule has 2 rings (SSSR count). The van der Waals surface area contributed by atoms with E-state index in [0.717, 1.165) is 11.3 Å². The number of carbonyl (C=O) groups excluding carboxylic acids is 1. The lowest BCUT2D eigenvalue weighted by Crippen LogP contribution is -2.01. The van der Waals surface area contributed by atoms with Crippen molar-refractivity contribution in [2.45, 2.75) is 6.92 Å². The van der Waals surface area contributed by atoms with Crippen LogP contribution in [0, 0.1) is 5.82 Å². The molecular formula is C11H9FO3S. The molecule has 1 N–H and O–H groups in total. The molecule has 0 unspecified atom stereocenters. The Hall–Kier alpha value is -1.62. The molecule has 1 aromatic carbocycles. The predicted molar refractivity (Wildman–Crippen MR) is 59.4 cm³/mol. The van der Waals surface area contributed by atoms with Crippen molar-refractivity contribution < 1.29 is 19.0 Å². The van der Waals surface area contributed by atoms with Crippen molar-refractivity contribution in [1.82, 2.24) is 0 Å². The fraction of sp³-hybridized carbons (Fsp3) is 0.182. The Labute approximate surface area is 95.1 Å². The molecule has 0 saturated carbocycles. The zero-order valence-corrected chi connectivity index (χ0v) is 9.31. The van der Waals surface area contributed by atoms with Gasteiger partial charge in [-0.15, -0.1) is 11.3 Å². The maximum Gasteiger partial charge on any atom is 0.352 e. The van der Waals surface area contributed by atoms with Gasteiger partial charge in [0.2, 0.25) is 0 Å². The molecule has 0 fully saturated rings. The zero-order valence-electron chi connectivity index (χ0n) is 8.49. The molecule has 0 aliphatic rings. The molecule has 2 aromatic rings. The second kappa shape index (κ2) is 4.09. The Morgan fingerprint density at radius 3 is 2.94 bits per heavy atom. The molecule has 84 valence electrons. The number of rotatable bonds is 2. The number of esters is 1. The lowest BCUT2D eigenvalue weighted by Gasteiger charge is -1.98. The lowest BCUT2D eigenvalue weighted by molar-refractivity contribution is 0.0529.